The highest BCUT2D eigenvalue weighted by molar-refractivity contribution is 7.99. The zero-order valence-electron chi connectivity index (χ0n) is 7.13. The number of hydrogen-bond acceptors (Lipinski definition) is 2. The summed E-state index contributed by atoms with van der Waals surface area (Å²) in [5.41, 5.74) is 0.964. The van der Waals surface area contributed by atoms with Crippen LogP contribution < -0.4 is 0 Å². The third kappa shape index (κ3) is 2.23. The van der Waals surface area contributed by atoms with Crippen LogP contribution in [0.2, 0.25) is 0 Å². The van der Waals surface area contributed by atoms with Crippen molar-refractivity contribution in [1.29, 1.82) is 0 Å². The Kier molecular flexibility index (Phi) is 3.58. The van der Waals surface area contributed by atoms with E-state index in [1.165, 1.54) is 9.79 Å². The van der Waals surface area contributed by atoms with Gasteiger partial charge in [0.1, 0.15) is 0 Å². The Labute approximate surface area is 82.1 Å². The number of rotatable bonds is 2. The third-order valence-corrected chi connectivity index (χ3v) is 2.93. The predicted octanol–water partition coefficient (Wildman–Crippen LogP) is 3.11. The third-order valence-electron chi connectivity index (χ3n) is 1.52. The molecule has 0 aliphatic rings. The standard InChI is InChI=1S/C10H10S2/c1-4-8-5-9(11-2)7-10(6-8)12-3/h1,5-7H,2-3H3. The fourth-order valence-corrected chi connectivity index (χ4v) is 1.94. The van der Waals surface area contributed by atoms with Crippen molar-refractivity contribution < 1.29 is 0 Å². The highest BCUT2D eigenvalue weighted by Crippen LogP contribution is 2.23. The molecule has 0 heterocycles. The maximum Gasteiger partial charge on any atom is 0.0264 e. The van der Waals surface area contributed by atoms with Crippen molar-refractivity contribution in [3.05, 3.63) is 23.8 Å². The number of hydrogen-bond donors (Lipinski definition) is 0. The molecule has 0 fully saturated rings. The van der Waals surface area contributed by atoms with Crippen LogP contribution in [-0.4, -0.2) is 12.5 Å². The predicted molar refractivity (Wildman–Crippen MR) is 57.9 cm³/mol. The molecular weight excluding hydrogens is 184 g/mol. The molecule has 0 bridgehead atoms. The Bertz CT molecular complexity index is 288. The summed E-state index contributed by atoms with van der Waals surface area (Å²) in [4.78, 5) is 2.46. The van der Waals surface area contributed by atoms with E-state index in [2.05, 4.69) is 24.5 Å². The largest absolute Gasteiger partial charge is 0.130 e. The van der Waals surface area contributed by atoms with Crippen LogP contribution in [0, 0.1) is 12.3 Å². The first-order valence-electron chi connectivity index (χ1n) is 3.50. The molecule has 0 radical (unpaired) electrons. The lowest BCUT2D eigenvalue weighted by Gasteiger charge is -2.01. The van der Waals surface area contributed by atoms with Gasteiger partial charge < -0.3 is 0 Å². The first-order chi connectivity index (χ1) is 5.80. The molecule has 2 heteroatoms. The summed E-state index contributed by atoms with van der Waals surface area (Å²) in [6.45, 7) is 0. The Hall–Kier alpha value is -0.520. The Balaban J connectivity index is 3.12. The van der Waals surface area contributed by atoms with Gasteiger partial charge in [0, 0.05) is 15.4 Å². The van der Waals surface area contributed by atoms with Crippen LogP contribution in [-0.2, 0) is 0 Å². The molecule has 0 saturated carbocycles. The molecule has 0 aliphatic heterocycles. The van der Waals surface area contributed by atoms with Crippen LogP contribution in [0.15, 0.2) is 28.0 Å². The number of terminal acetylenes is 1. The minimum atomic E-state index is 0.964. The lowest BCUT2D eigenvalue weighted by molar-refractivity contribution is 1.32. The average molecular weight is 194 g/mol. The van der Waals surface area contributed by atoms with Gasteiger partial charge >= 0.3 is 0 Å². The van der Waals surface area contributed by atoms with Crippen LogP contribution in [0.1, 0.15) is 5.56 Å². The van der Waals surface area contributed by atoms with Crippen molar-refractivity contribution in [2.75, 3.05) is 12.5 Å². The minimum Gasteiger partial charge on any atom is -0.130 e. The van der Waals surface area contributed by atoms with Crippen molar-refractivity contribution in [2.45, 2.75) is 9.79 Å². The van der Waals surface area contributed by atoms with Gasteiger partial charge in [-0.2, -0.15) is 0 Å². The Morgan fingerprint density at radius 2 is 1.58 bits per heavy atom. The maximum absolute atomic E-state index is 5.33. The lowest BCUT2D eigenvalue weighted by atomic mass is 10.2. The first kappa shape index (κ1) is 9.57. The monoisotopic (exact) mass is 194 g/mol. The molecule has 0 unspecified atom stereocenters. The van der Waals surface area contributed by atoms with Gasteiger partial charge in [-0.25, -0.2) is 0 Å². The summed E-state index contributed by atoms with van der Waals surface area (Å²) in [6, 6.07) is 6.21. The summed E-state index contributed by atoms with van der Waals surface area (Å²) in [5.74, 6) is 2.65. The van der Waals surface area contributed by atoms with Gasteiger partial charge in [0.05, 0.1) is 0 Å². The highest BCUT2D eigenvalue weighted by atomic mass is 32.2. The molecule has 1 rings (SSSR count). The van der Waals surface area contributed by atoms with E-state index < -0.39 is 0 Å². The number of thioether (sulfide) groups is 2. The Morgan fingerprint density at radius 3 is 1.92 bits per heavy atom. The van der Waals surface area contributed by atoms with Crippen molar-refractivity contribution in [2.24, 2.45) is 0 Å². The second-order valence-electron chi connectivity index (χ2n) is 2.25. The SMILES string of the molecule is C#Cc1cc(SC)cc(SC)c1. The van der Waals surface area contributed by atoms with Crippen molar-refractivity contribution in [1.82, 2.24) is 0 Å². The van der Waals surface area contributed by atoms with E-state index >= 15 is 0 Å². The van der Waals surface area contributed by atoms with Gasteiger partial charge in [-0.3, -0.25) is 0 Å². The smallest absolute Gasteiger partial charge is 0.0264 e. The van der Waals surface area contributed by atoms with Crippen molar-refractivity contribution in [3.63, 3.8) is 0 Å². The summed E-state index contributed by atoms with van der Waals surface area (Å²) in [5, 5.41) is 0. The second kappa shape index (κ2) is 4.49. The summed E-state index contributed by atoms with van der Waals surface area (Å²) < 4.78 is 0. The van der Waals surface area contributed by atoms with Crippen LogP contribution in [0.5, 0.6) is 0 Å². The van der Waals surface area contributed by atoms with Crippen molar-refractivity contribution in [3.8, 4) is 12.3 Å². The van der Waals surface area contributed by atoms with E-state index in [0.717, 1.165) is 5.56 Å². The molecule has 0 saturated heterocycles. The van der Waals surface area contributed by atoms with Crippen LogP contribution >= 0.6 is 23.5 Å². The van der Waals surface area contributed by atoms with E-state index in [1.807, 2.05) is 12.1 Å². The maximum atomic E-state index is 5.33. The van der Waals surface area contributed by atoms with Crippen molar-refractivity contribution >= 4 is 23.5 Å². The molecule has 0 nitrogen and oxygen atoms in total. The summed E-state index contributed by atoms with van der Waals surface area (Å²) in [6.07, 6.45) is 9.44. The summed E-state index contributed by atoms with van der Waals surface area (Å²) in [7, 11) is 0. The quantitative estimate of drug-likeness (QED) is 0.524. The molecule has 0 amide bonds. The zero-order chi connectivity index (χ0) is 8.97. The van der Waals surface area contributed by atoms with Gasteiger partial charge in [0.25, 0.3) is 0 Å². The molecular formula is C10H10S2. The molecule has 12 heavy (non-hydrogen) atoms. The summed E-state index contributed by atoms with van der Waals surface area (Å²) >= 11 is 3.44. The minimum absolute atomic E-state index is 0.964. The zero-order valence-corrected chi connectivity index (χ0v) is 8.76. The number of benzene rings is 1. The highest BCUT2D eigenvalue weighted by Gasteiger charge is 1.96. The molecule has 1 aromatic rings. The molecule has 0 N–H and O–H groups in total. The molecule has 0 aliphatic carbocycles. The van der Waals surface area contributed by atoms with Crippen LogP contribution in [0.3, 0.4) is 0 Å². The molecule has 0 atom stereocenters. The van der Waals surface area contributed by atoms with Gasteiger partial charge in [-0.05, 0) is 30.7 Å². The van der Waals surface area contributed by atoms with E-state index in [4.69, 9.17) is 6.42 Å². The van der Waals surface area contributed by atoms with E-state index in [9.17, 15) is 0 Å². The van der Waals surface area contributed by atoms with Crippen LogP contribution in [0.4, 0.5) is 0 Å². The second-order valence-corrected chi connectivity index (χ2v) is 4.00. The van der Waals surface area contributed by atoms with Gasteiger partial charge in [-0.1, -0.05) is 5.92 Å². The average Bonchev–Trinajstić information content (AvgIpc) is 2.16. The fraction of sp³-hybridized carbons (Fsp3) is 0.200. The molecule has 62 valence electrons. The first-order valence-corrected chi connectivity index (χ1v) is 5.94. The van der Waals surface area contributed by atoms with Gasteiger partial charge in [0.15, 0.2) is 0 Å². The van der Waals surface area contributed by atoms with E-state index in [-0.39, 0.29) is 0 Å². The van der Waals surface area contributed by atoms with E-state index in [1.54, 1.807) is 23.5 Å². The fourth-order valence-electron chi connectivity index (χ4n) is 0.891. The van der Waals surface area contributed by atoms with Gasteiger partial charge in [0.2, 0.25) is 0 Å². The van der Waals surface area contributed by atoms with E-state index in [0.29, 0.717) is 0 Å². The van der Waals surface area contributed by atoms with Crippen LogP contribution in [0.25, 0.3) is 0 Å². The Morgan fingerprint density at radius 1 is 1.08 bits per heavy atom. The normalized spacial score (nSPS) is 9.42. The topological polar surface area (TPSA) is 0 Å². The lowest BCUT2D eigenvalue weighted by Crippen LogP contribution is -1.78. The molecule has 0 spiro atoms. The van der Waals surface area contributed by atoms with Gasteiger partial charge in [-0.15, -0.1) is 29.9 Å². The molecule has 1 aromatic carbocycles. The molecule has 0 aromatic heterocycles.